The van der Waals surface area contributed by atoms with Gasteiger partial charge in [-0.25, -0.2) is 0 Å². The average molecular weight is 264 g/mol. The van der Waals surface area contributed by atoms with Crippen LogP contribution in [0, 0.1) is 0 Å². The summed E-state index contributed by atoms with van der Waals surface area (Å²) in [5, 5.41) is 3.00. The average Bonchev–Trinajstić information content (AvgIpc) is 2.30. The van der Waals surface area contributed by atoms with E-state index in [9.17, 15) is 9.59 Å². The summed E-state index contributed by atoms with van der Waals surface area (Å²) in [7, 11) is 0. The zero-order valence-electron chi connectivity index (χ0n) is 9.80. The number of hydrogen-bond acceptors (Lipinski definition) is 4. The van der Waals surface area contributed by atoms with Crippen LogP contribution in [0.5, 0.6) is 5.75 Å². The van der Waals surface area contributed by atoms with Gasteiger partial charge in [0.2, 0.25) is 5.91 Å². The first-order valence-electron chi connectivity index (χ1n) is 5.46. The molecule has 1 aromatic carbocycles. The quantitative estimate of drug-likeness (QED) is 0.494. The van der Waals surface area contributed by atoms with Crippen molar-refractivity contribution in [2.45, 2.75) is 13.3 Å². The molecule has 18 heavy (non-hydrogen) atoms. The van der Waals surface area contributed by atoms with Crippen LogP contribution >= 0.6 is 12.2 Å². The van der Waals surface area contributed by atoms with Crippen molar-refractivity contribution >= 4 is 34.9 Å². The van der Waals surface area contributed by atoms with Gasteiger partial charge in [0.1, 0.15) is 5.75 Å². The van der Waals surface area contributed by atoms with Crippen molar-refractivity contribution in [3.63, 3.8) is 0 Å². The lowest BCUT2D eigenvalue weighted by Crippen LogP contribution is -2.49. The van der Waals surface area contributed by atoms with Crippen molar-refractivity contribution < 1.29 is 14.3 Å². The first kappa shape index (κ1) is 12.5. The van der Waals surface area contributed by atoms with Crippen molar-refractivity contribution in [3.05, 3.63) is 24.3 Å². The van der Waals surface area contributed by atoms with Gasteiger partial charge < -0.3 is 15.0 Å². The molecule has 1 heterocycles. The van der Waals surface area contributed by atoms with E-state index in [2.05, 4.69) is 5.32 Å². The number of ether oxygens (including phenoxy) is 1. The molecule has 0 spiro atoms. The Morgan fingerprint density at radius 2 is 2.06 bits per heavy atom. The standard InChI is InChI=1S/C12H12N2O3S/c1-8(15)17-10-4-2-9(3-5-10)14-7-6-11(16)13-12(14)18/h2-5H,6-7H2,1H3,(H,13,16,18). The minimum atomic E-state index is -0.358. The van der Waals surface area contributed by atoms with E-state index in [1.165, 1.54) is 6.92 Å². The molecule has 1 aliphatic heterocycles. The number of nitrogens with zero attached hydrogens (tertiary/aromatic N) is 1. The van der Waals surface area contributed by atoms with E-state index >= 15 is 0 Å². The molecule has 2 rings (SSSR count). The molecule has 1 saturated heterocycles. The summed E-state index contributed by atoms with van der Waals surface area (Å²) in [6.07, 6.45) is 0.409. The molecule has 1 amide bonds. The highest BCUT2D eigenvalue weighted by molar-refractivity contribution is 7.80. The summed E-state index contributed by atoms with van der Waals surface area (Å²) in [6, 6.07) is 6.97. The lowest BCUT2D eigenvalue weighted by Gasteiger charge is -2.29. The number of thiocarbonyl (C=S) groups is 1. The van der Waals surface area contributed by atoms with Crippen LogP contribution in [0.1, 0.15) is 13.3 Å². The van der Waals surface area contributed by atoms with E-state index < -0.39 is 0 Å². The van der Waals surface area contributed by atoms with Crippen LogP contribution in [0.2, 0.25) is 0 Å². The predicted octanol–water partition coefficient (Wildman–Crippen LogP) is 1.22. The van der Waals surface area contributed by atoms with Gasteiger partial charge in [0, 0.05) is 25.6 Å². The van der Waals surface area contributed by atoms with Crippen molar-refractivity contribution in [2.75, 3.05) is 11.4 Å². The second-order valence-corrected chi connectivity index (χ2v) is 4.23. The summed E-state index contributed by atoms with van der Waals surface area (Å²) >= 11 is 5.10. The summed E-state index contributed by atoms with van der Waals surface area (Å²) < 4.78 is 4.94. The van der Waals surface area contributed by atoms with Gasteiger partial charge in [-0.2, -0.15) is 0 Å². The molecule has 0 bridgehead atoms. The molecule has 0 aliphatic carbocycles. The number of anilines is 1. The van der Waals surface area contributed by atoms with E-state index in [1.807, 2.05) is 4.90 Å². The maximum absolute atomic E-state index is 11.1. The Kier molecular flexibility index (Phi) is 3.57. The van der Waals surface area contributed by atoms with Crippen molar-refractivity contribution in [3.8, 4) is 5.75 Å². The molecular formula is C12H12N2O3S. The zero-order valence-corrected chi connectivity index (χ0v) is 10.6. The lowest BCUT2D eigenvalue weighted by molar-refractivity contribution is -0.131. The summed E-state index contributed by atoms with van der Waals surface area (Å²) in [5.74, 6) is 0.0644. The van der Waals surface area contributed by atoms with Gasteiger partial charge in [-0.15, -0.1) is 0 Å². The van der Waals surface area contributed by atoms with E-state index in [0.717, 1.165) is 5.69 Å². The number of benzene rings is 1. The van der Waals surface area contributed by atoms with Gasteiger partial charge >= 0.3 is 5.97 Å². The number of esters is 1. The maximum atomic E-state index is 11.1. The predicted molar refractivity (Wildman–Crippen MR) is 70.5 cm³/mol. The molecule has 6 heteroatoms. The number of amides is 1. The van der Waals surface area contributed by atoms with E-state index in [4.69, 9.17) is 17.0 Å². The lowest BCUT2D eigenvalue weighted by atomic mass is 10.2. The number of rotatable bonds is 2. The Bertz CT molecular complexity index is 499. The van der Waals surface area contributed by atoms with Crippen LogP contribution in [0.15, 0.2) is 24.3 Å². The van der Waals surface area contributed by atoms with Crippen LogP contribution in [0.3, 0.4) is 0 Å². The minimum absolute atomic E-state index is 0.0622. The molecule has 1 N–H and O–H groups in total. The molecule has 1 fully saturated rings. The Labute approximate surface area is 110 Å². The second kappa shape index (κ2) is 5.14. The monoisotopic (exact) mass is 264 g/mol. The first-order valence-corrected chi connectivity index (χ1v) is 5.87. The van der Waals surface area contributed by atoms with E-state index in [1.54, 1.807) is 24.3 Å². The van der Waals surface area contributed by atoms with Crippen LogP contribution in [0.25, 0.3) is 0 Å². The van der Waals surface area contributed by atoms with Gasteiger partial charge in [0.05, 0.1) is 0 Å². The van der Waals surface area contributed by atoms with Crippen LogP contribution < -0.4 is 15.0 Å². The highest BCUT2D eigenvalue weighted by Crippen LogP contribution is 2.21. The fourth-order valence-electron chi connectivity index (χ4n) is 1.67. The van der Waals surface area contributed by atoms with Gasteiger partial charge in [-0.05, 0) is 36.5 Å². The molecule has 0 saturated carbocycles. The number of nitrogens with one attached hydrogen (secondary N) is 1. The van der Waals surface area contributed by atoms with Crippen molar-refractivity contribution in [2.24, 2.45) is 0 Å². The third kappa shape index (κ3) is 2.84. The Morgan fingerprint density at radius 3 is 2.61 bits per heavy atom. The van der Waals surface area contributed by atoms with Gasteiger partial charge in [-0.1, -0.05) is 0 Å². The summed E-state index contributed by atoms with van der Waals surface area (Å²) in [4.78, 5) is 23.8. The first-order chi connectivity index (χ1) is 8.56. The SMILES string of the molecule is CC(=O)Oc1ccc(N2CCC(=O)NC2=S)cc1. The Balaban J connectivity index is 2.12. The van der Waals surface area contributed by atoms with Crippen LogP contribution in [-0.4, -0.2) is 23.5 Å². The van der Waals surface area contributed by atoms with Crippen molar-refractivity contribution in [1.82, 2.24) is 5.32 Å². The molecule has 94 valence electrons. The van der Waals surface area contributed by atoms with Gasteiger partial charge in [0.15, 0.2) is 5.11 Å². The number of carbonyl (C=O) groups excluding carboxylic acids is 2. The smallest absolute Gasteiger partial charge is 0.308 e. The molecule has 0 radical (unpaired) electrons. The molecule has 1 aromatic rings. The Hall–Kier alpha value is -1.95. The minimum Gasteiger partial charge on any atom is -0.427 e. The fourth-order valence-corrected chi connectivity index (χ4v) is 1.98. The molecule has 0 atom stereocenters. The molecule has 1 aliphatic rings. The maximum Gasteiger partial charge on any atom is 0.308 e. The number of carbonyl (C=O) groups is 2. The third-order valence-corrected chi connectivity index (χ3v) is 2.79. The van der Waals surface area contributed by atoms with Gasteiger partial charge in [0.25, 0.3) is 0 Å². The third-order valence-electron chi connectivity index (χ3n) is 2.46. The summed E-state index contributed by atoms with van der Waals surface area (Å²) in [5.41, 5.74) is 0.857. The van der Waals surface area contributed by atoms with Gasteiger partial charge in [-0.3, -0.25) is 9.59 Å². The number of hydrogen-bond donors (Lipinski definition) is 1. The second-order valence-electron chi connectivity index (χ2n) is 3.84. The largest absolute Gasteiger partial charge is 0.427 e. The molecule has 0 aromatic heterocycles. The zero-order chi connectivity index (χ0) is 13.1. The van der Waals surface area contributed by atoms with Crippen molar-refractivity contribution in [1.29, 1.82) is 0 Å². The normalized spacial score (nSPS) is 15.3. The highest BCUT2D eigenvalue weighted by atomic mass is 32.1. The van der Waals surface area contributed by atoms with E-state index in [0.29, 0.717) is 23.8 Å². The topological polar surface area (TPSA) is 58.6 Å². The summed E-state index contributed by atoms with van der Waals surface area (Å²) in [6.45, 7) is 1.90. The highest BCUT2D eigenvalue weighted by Gasteiger charge is 2.20. The molecule has 0 unspecified atom stereocenters. The van der Waals surface area contributed by atoms with Crippen LogP contribution in [0.4, 0.5) is 5.69 Å². The van der Waals surface area contributed by atoms with E-state index in [-0.39, 0.29) is 11.9 Å². The van der Waals surface area contributed by atoms with Crippen LogP contribution in [-0.2, 0) is 9.59 Å². The molecular weight excluding hydrogens is 252 g/mol. The Morgan fingerprint density at radius 1 is 1.39 bits per heavy atom. The molecule has 5 nitrogen and oxygen atoms in total. The fraction of sp³-hybridized carbons (Fsp3) is 0.250.